The number of hydrogen-bond acceptors (Lipinski definition) is 6. The molecule has 26 heavy (non-hydrogen) atoms. The first kappa shape index (κ1) is 19.3. The van der Waals surface area contributed by atoms with Crippen LogP contribution in [0.2, 0.25) is 0 Å². The van der Waals surface area contributed by atoms with E-state index >= 15 is 0 Å². The van der Waals surface area contributed by atoms with E-state index in [1.807, 2.05) is 0 Å². The zero-order valence-electron chi connectivity index (χ0n) is 15.1. The van der Waals surface area contributed by atoms with E-state index < -0.39 is 17.9 Å². The molecule has 0 saturated heterocycles. The summed E-state index contributed by atoms with van der Waals surface area (Å²) < 4.78 is 20.5. The van der Waals surface area contributed by atoms with Crippen LogP contribution in [0.5, 0.6) is 11.5 Å². The van der Waals surface area contributed by atoms with Crippen LogP contribution in [0.4, 0.5) is 0 Å². The molecule has 0 bridgehead atoms. The number of carbonyl (C=O) groups is 2. The van der Waals surface area contributed by atoms with Gasteiger partial charge in [0, 0.05) is 0 Å². The highest BCUT2D eigenvalue weighted by Crippen LogP contribution is 2.14. The molecule has 0 saturated carbocycles. The smallest absolute Gasteiger partial charge is 0.320 e. The molecule has 2 aromatic carbocycles. The van der Waals surface area contributed by atoms with Crippen LogP contribution in [0.15, 0.2) is 48.5 Å². The average molecular weight is 358 g/mol. The lowest BCUT2D eigenvalue weighted by Gasteiger charge is -2.12. The predicted molar refractivity (Wildman–Crippen MR) is 94.7 cm³/mol. The zero-order valence-corrected chi connectivity index (χ0v) is 15.1. The van der Waals surface area contributed by atoms with E-state index in [1.165, 1.54) is 6.92 Å². The van der Waals surface area contributed by atoms with E-state index in [-0.39, 0.29) is 13.2 Å². The van der Waals surface area contributed by atoms with Crippen LogP contribution in [0.3, 0.4) is 0 Å². The Kier molecular flexibility index (Phi) is 7.02. The zero-order chi connectivity index (χ0) is 18.9. The van der Waals surface area contributed by atoms with Crippen molar-refractivity contribution in [2.45, 2.75) is 20.1 Å². The Labute approximate surface area is 152 Å². The molecule has 0 aliphatic carbocycles. The first-order valence-electron chi connectivity index (χ1n) is 8.12. The predicted octanol–water partition coefficient (Wildman–Crippen LogP) is 3.13. The summed E-state index contributed by atoms with van der Waals surface area (Å²) >= 11 is 0. The fraction of sp³-hybridized carbons (Fsp3) is 0.300. The van der Waals surface area contributed by atoms with Gasteiger partial charge in [0.2, 0.25) is 0 Å². The first-order chi connectivity index (χ1) is 12.5. The lowest BCUT2D eigenvalue weighted by atomic mass is 10.2. The number of benzene rings is 2. The van der Waals surface area contributed by atoms with Gasteiger partial charge in [-0.15, -0.1) is 0 Å². The van der Waals surface area contributed by atoms with Crippen LogP contribution in [-0.2, 0) is 32.3 Å². The van der Waals surface area contributed by atoms with Crippen molar-refractivity contribution in [3.63, 3.8) is 0 Å². The Hall–Kier alpha value is -3.02. The van der Waals surface area contributed by atoms with Crippen LogP contribution in [0, 0.1) is 5.92 Å². The number of hydrogen-bond donors (Lipinski definition) is 0. The Morgan fingerprint density at radius 1 is 0.731 bits per heavy atom. The maximum atomic E-state index is 12.0. The van der Waals surface area contributed by atoms with E-state index in [9.17, 15) is 9.59 Å². The Bertz CT molecular complexity index is 657. The standard InChI is InChI=1S/C20H22O6/c1-14(19(21)25-12-15-4-8-17(23-2)9-5-15)20(22)26-13-16-6-10-18(24-3)11-7-16/h4-11,14H,12-13H2,1-3H3. The van der Waals surface area contributed by atoms with E-state index in [0.29, 0.717) is 0 Å². The molecule has 0 radical (unpaired) electrons. The molecule has 0 fully saturated rings. The highest BCUT2D eigenvalue weighted by molar-refractivity contribution is 5.94. The third kappa shape index (κ3) is 5.51. The molecule has 0 aliphatic heterocycles. The van der Waals surface area contributed by atoms with Crippen molar-refractivity contribution in [1.82, 2.24) is 0 Å². The van der Waals surface area contributed by atoms with Gasteiger partial charge in [-0.2, -0.15) is 0 Å². The first-order valence-corrected chi connectivity index (χ1v) is 8.12. The Morgan fingerprint density at radius 3 is 1.38 bits per heavy atom. The Morgan fingerprint density at radius 2 is 1.08 bits per heavy atom. The topological polar surface area (TPSA) is 71.1 Å². The van der Waals surface area contributed by atoms with Gasteiger partial charge in [-0.3, -0.25) is 9.59 Å². The Balaban J connectivity index is 1.79. The van der Waals surface area contributed by atoms with Gasteiger partial charge in [0.1, 0.15) is 24.7 Å². The molecule has 138 valence electrons. The molecular weight excluding hydrogens is 336 g/mol. The molecule has 0 amide bonds. The van der Waals surface area contributed by atoms with Gasteiger partial charge >= 0.3 is 11.9 Å². The molecular formula is C20H22O6. The van der Waals surface area contributed by atoms with Gasteiger partial charge in [-0.25, -0.2) is 0 Å². The monoisotopic (exact) mass is 358 g/mol. The molecule has 0 unspecified atom stereocenters. The summed E-state index contributed by atoms with van der Waals surface area (Å²) in [7, 11) is 3.16. The fourth-order valence-electron chi connectivity index (χ4n) is 2.10. The minimum absolute atomic E-state index is 0.0823. The van der Waals surface area contributed by atoms with Crippen molar-refractivity contribution in [1.29, 1.82) is 0 Å². The van der Waals surface area contributed by atoms with Crippen molar-refractivity contribution < 1.29 is 28.5 Å². The maximum Gasteiger partial charge on any atom is 0.320 e. The van der Waals surface area contributed by atoms with Gasteiger partial charge in [0.25, 0.3) is 0 Å². The van der Waals surface area contributed by atoms with Crippen LogP contribution in [0.25, 0.3) is 0 Å². The van der Waals surface area contributed by atoms with Gasteiger partial charge < -0.3 is 18.9 Å². The van der Waals surface area contributed by atoms with Gasteiger partial charge in [0.05, 0.1) is 14.2 Å². The number of methoxy groups -OCH3 is 2. The van der Waals surface area contributed by atoms with Crippen LogP contribution < -0.4 is 9.47 Å². The molecule has 0 N–H and O–H groups in total. The molecule has 0 heterocycles. The highest BCUT2D eigenvalue weighted by atomic mass is 16.6. The van der Waals surface area contributed by atoms with Crippen molar-refractivity contribution in [2.75, 3.05) is 14.2 Å². The molecule has 0 atom stereocenters. The van der Waals surface area contributed by atoms with Crippen LogP contribution in [0.1, 0.15) is 18.1 Å². The number of esters is 2. The van der Waals surface area contributed by atoms with Crippen molar-refractivity contribution >= 4 is 11.9 Å². The minimum atomic E-state index is -0.994. The number of rotatable bonds is 8. The summed E-state index contributed by atoms with van der Waals surface area (Å²) in [5, 5.41) is 0. The average Bonchev–Trinajstić information content (AvgIpc) is 2.70. The van der Waals surface area contributed by atoms with Crippen molar-refractivity contribution in [3.8, 4) is 11.5 Å². The highest BCUT2D eigenvalue weighted by Gasteiger charge is 2.24. The van der Waals surface area contributed by atoms with Gasteiger partial charge in [-0.1, -0.05) is 24.3 Å². The third-order valence-corrected chi connectivity index (χ3v) is 3.79. The molecule has 6 heteroatoms. The lowest BCUT2D eigenvalue weighted by molar-refractivity contribution is -0.162. The van der Waals surface area contributed by atoms with Crippen molar-refractivity contribution in [2.24, 2.45) is 5.92 Å². The van der Waals surface area contributed by atoms with Gasteiger partial charge in [0.15, 0.2) is 5.92 Å². The molecule has 0 spiro atoms. The molecule has 0 aliphatic rings. The largest absolute Gasteiger partial charge is 0.497 e. The molecule has 2 rings (SSSR count). The second-order valence-corrected chi connectivity index (χ2v) is 5.63. The summed E-state index contributed by atoms with van der Waals surface area (Å²) in [4.78, 5) is 24.0. The summed E-state index contributed by atoms with van der Waals surface area (Å²) in [5.74, 6) is -0.807. The summed E-state index contributed by atoms with van der Waals surface area (Å²) in [5.41, 5.74) is 1.61. The second kappa shape index (κ2) is 9.46. The molecule has 2 aromatic rings. The lowest BCUT2D eigenvalue weighted by Crippen LogP contribution is -2.25. The maximum absolute atomic E-state index is 12.0. The third-order valence-electron chi connectivity index (χ3n) is 3.79. The van der Waals surface area contributed by atoms with E-state index in [2.05, 4.69) is 0 Å². The van der Waals surface area contributed by atoms with Crippen LogP contribution >= 0.6 is 0 Å². The second-order valence-electron chi connectivity index (χ2n) is 5.63. The SMILES string of the molecule is COc1ccc(COC(=O)C(C)C(=O)OCc2ccc(OC)cc2)cc1. The molecule has 0 aromatic heterocycles. The normalized spacial score (nSPS) is 10.3. The minimum Gasteiger partial charge on any atom is -0.497 e. The van der Waals surface area contributed by atoms with Crippen molar-refractivity contribution in [3.05, 3.63) is 59.7 Å². The van der Waals surface area contributed by atoms with E-state index in [0.717, 1.165) is 22.6 Å². The fourth-order valence-corrected chi connectivity index (χ4v) is 2.10. The van der Waals surface area contributed by atoms with E-state index in [4.69, 9.17) is 18.9 Å². The number of ether oxygens (including phenoxy) is 4. The summed E-state index contributed by atoms with van der Waals surface area (Å²) in [6, 6.07) is 14.3. The van der Waals surface area contributed by atoms with Crippen LogP contribution in [-0.4, -0.2) is 26.2 Å². The summed E-state index contributed by atoms with van der Waals surface area (Å²) in [6.45, 7) is 1.63. The van der Waals surface area contributed by atoms with E-state index in [1.54, 1.807) is 62.8 Å². The molecule has 6 nitrogen and oxygen atoms in total. The summed E-state index contributed by atoms with van der Waals surface area (Å²) in [6.07, 6.45) is 0. The quantitative estimate of drug-likeness (QED) is 0.533. The van der Waals surface area contributed by atoms with Gasteiger partial charge in [-0.05, 0) is 42.3 Å². The number of carbonyl (C=O) groups excluding carboxylic acids is 2.